The molecule has 1 saturated heterocycles. The summed E-state index contributed by atoms with van der Waals surface area (Å²) in [7, 11) is 1.34. The molecule has 0 spiro atoms. The summed E-state index contributed by atoms with van der Waals surface area (Å²) in [6.07, 6.45) is 0. The van der Waals surface area contributed by atoms with Crippen LogP contribution in [0.1, 0.15) is 42.2 Å². The molecule has 0 aliphatic carbocycles. The van der Waals surface area contributed by atoms with Crippen molar-refractivity contribution in [1.29, 1.82) is 0 Å². The summed E-state index contributed by atoms with van der Waals surface area (Å²) in [6, 6.07) is 1.34. The Morgan fingerprint density at radius 1 is 1.35 bits per heavy atom. The highest BCUT2D eigenvalue weighted by Gasteiger charge is 2.25. The highest BCUT2D eigenvalue weighted by Crippen LogP contribution is 2.29. The number of hydrogen-bond donors (Lipinski definition) is 1. The number of ether oxygens (including phenoxy) is 2. The van der Waals surface area contributed by atoms with Gasteiger partial charge in [0.1, 0.15) is 10.9 Å². The van der Waals surface area contributed by atoms with Crippen LogP contribution in [0.5, 0.6) is 0 Å². The molecule has 0 bridgehead atoms. The summed E-state index contributed by atoms with van der Waals surface area (Å²) in [5.41, 5.74) is 0.442. The number of thiophene rings is 1. The largest absolute Gasteiger partial charge is 0.465 e. The molecule has 1 atom stereocenters. The third-order valence-corrected chi connectivity index (χ3v) is 4.76. The van der Waals surface area contributed by atoms with E-state index >= 15 is 0 Å². The first kappa shape index (κ1) is 20.3. The van der Waals surface area contributed by atoms with Gasteiger partial charge in [0, 0.05) is 18.5 Å². The number of nitrogens with zero attached hydrogens (tertiary/aromatic N) is 1. The molecule has 1 amide bonds. The number of esters is 1. The van der Waals surface area contributed by atoms with Crippen molar-refractivity contribution in [2.75, 3.05) is 38.7 Å². The molecule has 142 valence electrons. The Balaban J connectivity index is 2.20. The van der Waals surface area contributed by atoms with E-state index < -0.39 is 12.0 Å². The molecule has 7 heteroatoms. The van der Waals surface area contributed by atoms with Gasteiger partial charge in [0.15, 0.2) is 0 Å². The normalized spacial score (nSPS) is 15.7. The van der Waals surface area contributed by atoms with Crippen LogP contribution in [0.4, 0.5) is 5.69 Å². The lowest BCUT2D eigenvalue weighted by Gasteiger charge is -2.29. The first-order chi connectivity index (χ1) is 12.2. The number of morpholine rings is 1. The molecule has 1 aromatic heterocycles. The lowest BCUT2D eigenvalue weighted by Crippen LogP contribution is -2.47. The highest BCUT2D eigenvalue weighted by atomic mass is 32.1. The van der Waals surface area contributed by atoms with Gasteiger partial charge in [0.05, 0.1) is 30.9 Å². The van der Waals surface area contributed by atoms with Crippen LogP contribution < -0.4 is 5.32 Å². The van der Waals surface area contributed by atoms with Gasteiger partial charge in [0.25, 0.3) is 0 Å². The van der Waals surface area contributed by atoms with E-state index in [1.807, 2.05) is 20.8 Å². The maximum atomic E-state index is 12.6. The molecular weight excluding hydrogens is 352 g/mol. The van der Waals surface area contributed by atoms with Crippen molar-refractivity contribution in [3.05, 3.63) is 15.8 Å². The standard InChI is InChI=1S/C19H26N2O4S/c1-13(17(22)21-8-10-25-11-9-21)20-15-12-14(6-7-19(2,3)4)26-16(15)18(23)24-5/h12-13,20H,8-11H2,1-5H3. The van der Waals surface area contributed by atoms with Crippen LogP contribution in [0.15, 0.2) is 6.07 Å². The number of hydrogen-bond acceptors (Lipinski definition) is 6. The van der Waals surface area contributed by atoms with E-state index in [0.717, 1.165) is 4.88 Å². The molecule has 1 N–H and O–H groups in total. The molecule has 1 unspecified atom stereocenters. The van der Waals surface area contributed by atoms with Crippen molar-refractivity contribution in [3.8, 4) is 11.8 Å². The fraction of sp³-hybridized carbons (Fsp3) is 0.579. The molecule has 2 rings (SSSR count). The molecular formula is C19H26N2O4S. The number of methoxy groups -OCH3 is 1. The maximum absolute atomic E-state index is 12.6. The van der Waals surface area contributed by atoms with E-state index in [1.165, 1.54) is 18.4 Å². The van der Waals surface area contributed by atoms with Gasteiger partial charge in [-0.1, -0.05) is 11.8 Å². The molecule has 26 heavy (non-hydrogen) atoms. The fourth-order valence-corrected chi connectivity index (χ4v) is 3.30. The number of carbonyl (C=O) groups excluding carboxylic acids is 2. The molecule has 1 aliphatic heterocycles. The third kappa shape index (κ3) is 5.48. The topological polar surface area (TPSA) is 67.9 Å². The summed E-state index contributed by atoms with van der Waals surface area (Å²) in [5.74, 6) is 5.80. The van der Waals surface area contributed by atoms with Gasteiger partial charge in [-0.15, -0.1) is 11.3 Å². The average molecular weight is 378 g/mol. The average Bonchev–Trinajstić information content (AvgIpc) is 3.01. The summed E-state index contributed by atoms with van der Waals surface area (Å²) in [6.45, 7) is 10.1. The number of rotatable bonds is 4. The van der Waals surface area contributed by atoms with Gasteiger partial charge in [0.2, 0.25) is 5.91 Å². The van der Waals surface area contributed by atoms with Gasteiger partial charge in [-0.05, 0) is 33.8 Å². The summed E-state index contributed by atoms with van der Waals surface area (Å²) < 4.78 is 10.1. The van der Waals surface area contributed by atoms with E-state index in [2.05, 4.69) is 17.2 Å². The van der Waals surface area contributed by atoms with Crippen molar-refractivity contribution in [1.82, 2.24) is 4.90 Å². The van der Waals surface area contributed by atoms with Crippen molar-refractivity contribution < 1.29 is 19.1 Å². The van der Waals surface area contributed by atoms with Gasteiger partial charge in [-0.3, -0.25) is 4.79 Å². The Labute approximate surface area is 158 Å². The summed E-state index contributed by atoms with van der Waals surface area (Å²) in [4.78, 5) is 27.6. The lowest BCUT2D eigenvalue weighted by molar-refractivity contribution is -0.135. The molecule has 6 nitrogen and oxygen atoms in total. The molecule has 1 fully saturated rings. The summed E-state index contributed by atoms with van der Waals surface area (Å²) >= 11 is 1.27. The minimum absolute atomic E-state index is 0.0161. The Hall–Kier alpha value is -2.04. The predicted octanol–water partition coefficient (Wildman–Crippen LogP) is 2.59. The second-order valence-corrected chi connectivity index (χ2v) is 8.20. The number of amides is 1. The third-order valence-electron chi connectivity index (χ3n) is 3.73. The molecule has 1 aliphatic rings. The molecule has 1 aromatic rings. The second-order valence-electron chi connectivity index (χ2n) is 7.15. The first-order valence-electron chi connectivity index (χ1n) is 8.59. The smallest absolute Gasteiger partial charge is 0.350 e. The van der Waals surface area contributed by atoms with Crippen LogP contribution in [0, 0.1) is 17.3 Å². The van der Waals surface area contributed by atoms with Gasteiger partial charge < -0.3 is 19.7 Å². The molecule has 0 saturated carbocycles. The highest BCUT2D eigenvalue weighted by molar-refractivity contribution is 7.15. The molecule has 0 radical (unpaired) electrons. The van der Waals surface area contributed by atoms with Crippen LogP contribution >= 0.6 is 11.3 Å². The number of nitrogens with one attached hydrogen (secondary N) is 1. The van der Waals surface area contributed by atoms with Gasteiger partial charge in [-0.25, -0.2) is 4.79 Å². The quantitative estimate of drug-likeness (QED) is 0.644. The Morgan fingerprint density at radius 3 is 2.58 bits per heavy atom. The number of anilines is 1. The van der Waals surface area contributed by atoms with Crippen LogP contribution in [0.2, 0.25) is 0 Å². The van der Waals surface area contributed by atoms with Crippen molar-refractivity contribution >= 4 is 28.9 Å². The van der Waals surface area contributed by atoms with Crippen LogP contribution in [-0.2, 0) is 14.3 Å². The first-order valence-corrected chi connectivity index (χ1v) is 9.41. The van der Waals surface area contributed by atoms with Crippen molar-refractivity contribution in [2.24, 2.45) is 5.41 Å². The van der Waals surface area contributed by atoms with Crippen LogP contribution in [0.25, 0.3) is 0 Å². The monoisotopic (exact) mass is 378 g/mol. The number of carbonyl (C=O) groups is 2. The van der Waals surface area contributed by atoms with E-state index in [9.17, 15) is 9.59 Å². The van der Waals surface area contributed by atoms with Crippen molar-refractivity contribution in [3.63, 3.8) is 0 Å². The van der Waals surface area contributed by atoms with Gasteiger partial charge >= 0.3 is 5.97 Å². The molecule has 2 heterocycles. The Bertz CT molecular complexity index is 718. The predicted molar refractivity (Wildman–Crippen MR) is 102 cm³/mol. The fourth-order valence-electron chi connectivity index (χ4n) is 2.41. The zero-order chi connectivity index (χ0) is 19.3. The molecule has 0 aromatic carbocycles. The van der Waals surface area contributed by atoms with E-state index in [4.69, 9.17) is 9.47 Å². The van der Waals surface area contributed by atoms with Crippen molar-refractivity contribution in [2.45, 2.75) is 33.7 Å². The van der Waals surface area contributed by atoms with E-state index in [-0.39, 0.29) is 11.3 Å². The van der Waals surface area contributed by atoms with E-state index in [1.54, 1.807) is 17.9 Å². The maximum Gasteiger partial charge on any atom is 0.350 e. The van der Waals surface area contributed by atoms with Crippen LogP contribution in [0.3, 0.4) is 0 Å². The summed E-state index contributed by atoms with van der Waals surface area (Å²) in [5, 5.41) is 3.15. The van der Waals surface area contributed by atoms with Gasteiger partial charge in [-0.2, -0.15) is 0 Å². The Morgan fingerprint density at radius 2 is 2.00 bits per heavy atom. The second kappa shape index (κ2) is 8.56. The zero-order valence-corrected chi connectivity index (χ0v) is 16.8. The minimum Gasteiger partial charge on any atom is -0.465 e. The minimum atomic E-state index is -0.463. The lowest BCUT2D eigenvalue weighted by atomic mass is 9.98. The Kier molecular flexibility index (Phi) is 6.68. The zero-order valence-electron chi connectivity index (χ0n) is 16.0. The SMILES string of the molecule is COC(=O)c1sc(C#CC(C)(C)C)cc1NC(C)C(=O)N1CCOCC1. The van der Waals surface area contributed by atoms with E-state index in [0.29, 0.717) is 36.9 Å². The van der Waals surface area contributed by atoms with Crippen LogP contribution in [-0.4, -0.2) is 56.2 Å².